The zero-order valence-electron chi connectivity index (χ0n) is 12.3. The predicted molar refractivity (Wildman–Crippen MR) is 81.4 cm³/mol. The van der Waals surface area contributed by atoms with Crippen LogP contribution in [0.15, 0.2) is 28.8 Å². The molecule has 1 unspecified atom stereocenters. The Morgan fingerprint density at radius 2 is 2.05 bits per heavy atom. The van der Waals surface area contributed by atoms with Crippen LogP contribution in [0.3, 0.4) is 0 Å². The van der Waals surface area contributed by atoms with Gasteiger partial charge in [0.2, 0.25) is 0 Å². The van der Waals surface area contributed by atoms with Crippen LogP contribution in [0.5, 0.6) is 0 Å². The summed E-state index contributed by atoms with van der Waals surface area (Å²) in [5.74, 6) is 1.22. The van der Waals surface area contributed by atoms with Crippen molar-refractivity contribution in [3.63, 3.8) is 0 Å². The van der Waals surface area contributed by atoms with Crippen molar-refractivity contribution in [1.82, 2.24) is 15.8 Å². The molecular weight excluding hydrogens is 278 g/mol. The highest BCUT2D eigenvalue weighted by molar-refractivity contribution is 6.04. The molecule has 2 heterocycles. The minimum Gasteiger partial charge on any atom is -0.355 e. The van der Waals surface area contributed by atoms with E-state index in [9.17, 15) is 4.79 Å². The Balaban J connectivity index is 1.45. The molecule has 1 amide bonds. The molecule has 4 aliphatic rings. The van der Waals surface area contributed by atoms with E-state index >= 15 is 0 Å². The summed E-state index contributed by atoms with van der Waals surface area (Å²) in [6.07, 6.45) is 5.07. The van der Waals surface area contributed by atoms with Crippen molar-refractivity contribution in [2.75, 3.05) is 6.54 Å². The van der Waals surface area contributed by atoms with Gasteiger partial charge in [0.05, 0.1) is 17.0 Å². The second kappa shape index (κ2) is 4.32. The quantitative estimate of drug-likeness (QED) is 0.832. The van der Waals surface area contributed by atoms with Crippen LogP contribution in [0, 0.1) is 11.8 Å². The number of benzene rings is 1. The van der Waals surface area contributed by atoms with Crippen molar-refractivity contribution in [2.24, 2.45) is 11.8 Å². The molecule has 3 saturated carbocycles. The monoisotopic (exact) mass is 297 g/mol. The maximum atomic E-state index is 12.7. The summed E-state index contributed by atoms with van der Waals surface area (Å²) in [4.78, 5) is 12.7. The van der Waals surface area contributed by atoms with Crippen molar-refractivity contribution in [3.05, 3.63) is 30.0 Å². The average molecular weight is 297 g/mol. The van der Waals surface area contributed by atoms with E-state index in [2.05, 4.69) is 15.8 Å². The van der Waals surface area contributed by atoms with Crippen LogP contribution >= 0.6 is 0 Å². The Hall–Kier alpha value is -1.88. The first kappa shape index (κ1) is 12.6. The summed E-state index contributed by atoms with van der Waals surface area (Å²) in [5.41, 5.74) is 1.24. The van der Waals surface area contributed by atoms with Gasteiger partial charge in [-0.15, -0.1) is 0 Å². The van der Waals surface area contributed by atoms with Gasteiger partial charge >= 0.3 is 0 Å². The Kier molecular flexibility index (Phi) is 2.48. The van der Waals surface area contributed by atoms with Crippen LogP contribution in [0.4, 0.5) is 0 Å². The Morgan fingerprint density at radius 3 is 2.82 bits per heavy atom. The van der Waals surface area contributed by atoms with E-state index in [-0.39, 0.29) is 17.5 Å². The number of hydrogen-bond acceptors (Lipinski definition) is 4. The van der Waals surface area contributed by atoms with E-state index in [1.54, 1.807) is 0 Å². The average Bonchev–Trinajstić information content (AvgIpc) is 3.21. The molecule has 1 aromatic carbocycles. The third-order valence-corrected chi connectivity index (χ3v) is 5.99. The van der Waals surface area contributed by atoms with Crippen LogP contribution in [0.25, 0.3) is 11.0 Å². The number of fused-ring (bicyclic) bond motifs is 3. The lowest BCUT2D eigenvalue weighted by Crippen LogP contribution is -2.60. The van der Waals surface area contributed by atoms with Crippen molar-refractivity contribution < 1.29 is 9.32 Å². The predicted octanol–water partition coefficient (Wildman–Crippen LogP) is 2.09. The first-order valence-electron chi connectivity index (χ1n) is 8.18. The smallest absolute Gasteiger partial charge is 0.274 e. The molecule has 2 atom stereocenters. The standard InChI is InChI=1S/C17H19N3O2/c21-16(14-12-3-1-2-4-13(12)22-20-14)19-15-10-5-7-11(8-6-10)17(15)9-18-17/h1-4,10-11,15,18H,5-9H2,(H,19,21)/t10?,11?,15?,17-/m0/s1. The molecule has 5 nitrogen and oxygen atoms in total. The summed E-state index contributed by atoms with van der Waals surface area (Å²) in [7, 11) is 0. The molecule has 2 aromatic rings. The Morgan fingerprint density at radius 1 is 1.27 bits per heavy atom. The first-order chi connectivity index (χ1) is 10.8. The van der Waals surface area contributed by atoms with E-state index in [0.29, 0.717) is 17.2 Å². The third-order valence-electron chi connectivity index (χ3n) is 5.99. The zero-order valence-corrected chi connectivity index (χ0v) is 12.3. The molecule has 1 aliphatic heterocycles. The van der Waals surface area contributed by atoms with E-state index in [0.717, 1.165) is 17.8 Å². The van der Waals surface area contributed by atoms with Gasteiger partial charge in [-0.05, 0) is 49.7 Å². The van der Waals surface area contributed by atoms with Crippen LogP contribution in [-0.4, -0.2) is 29.2 Å². The normalized spacial score (nSPS) is 35.9. The van der Waals surface area contributed by atoms with Crippen LogP contribution in [0.1, 0.15) is 36.2 Å². The van der Waals surface area contributed by atoms with E-state index in [4.69, 9.17) is 4.52 Å². The lowest BCUT2D eigenvalue weighted by atomic mass is 9.61. The molecule has 3 aliphatic carbocycles. The maximum Gasteiger partial charge on any atom is 0.274 e. The zero-order chi connectivity index (χ0) is 14.7. The molecule has 4 fully saturated rings. The van der Waals surface area contributed by atoms with Gasteiger partial charge in [-0.25, -0.2) is 0 Å². The van der Waals surface area contributed by atoms with Gasteiger partial charge in [-0.3, -0.25) is 4.79 Å². The number of aromatic nitrogens is 1. The van der Waals surface area contributed by atoms with Crippen molar-refractivity contribution >= 4 is 16.9 Å². The van der Waals surface area contributed by atoms with Crippen LogP contribution < -0.4 is 10.6 Å². The fourth-order valence-corrected chi connectivity index (χ4v) is 4.76. The highest BCUT2D eigenvalue weighted by Crippen LogP contribution is 2.51. The fraction of sp³-hybridized carbons (Fsp3) is 0.529. The molecule has 2 N–H and O–H groups in total. The lowest BCUT2D eigenvalue weighted by Gasteiger charge is -2.48. The van der Waals surface area contributed by atoms with Gasteiger partial charge in [-0.1, -0.05) is 17.3 Å². The van der Waals surface area contributed by atoms with Gasteiger partial charge < -0.3 is 15.2 Å². The van der Waals surface area contributed by atoms with Gasteiger partial charge in [0.15, 0.2) is 11.3 Å². The summed E-state index contributed by atoms with van der Waals surface area (Å²) in [6.45, 7) is 1.04. The highest BCUT2D eigenvalue weighted by atomic mass is 16.5. The summed E-state index contributed by atoms with van der Waals surface area (Å²) in [6, 6.07) is 7.76. The number of carbonyl (C=O) groups excluding carboxylic acids is 1. The van der Waals surface area contributed by atoms with E-state index in [1.165, 1.54) is 25.7 Å². The molecule has 1 aromatic heterocycles. The second-order valence-electron chi connectivity index (χ2n) is 6.98. The largest absolute Gasteiger partial charge is 0.355 e. The van der Waals surface area contributed by atoms with Crippen LogP contribution in [0.2, 0.25) is 0 Å². The summed E-state index contributed by atoms with van der Waals surface area (Å²) >= 11 is 0. The van der Waals surface area contributed by atoms with E-state index in [1.807, 2.05) is 24.3 Å². The number of para-hydroxylation sites is 1. The van der Waals surface area contributed by atoms with E-state index < -0.39 is 0 Å². The summed E-state index contributed by atoms with van der Waals surface area (Å²) < 4.78 is 5.26. The number of carbonyl (C=O) groups is 1. The number of nitrogens with zero attached hydrogens (tertiary/aromatic N) is 1. The fourth-order valence-electron chi connectivity index (χ4n) is 4.76. The molecule has 114 valence electrons. The third kappa shape index (κ3) is 1.63. The molecular formula is C17H19N3O2. The number of hydrogen-bond donors (Lipinski definition) is 2. The second-order valence-corrected chi connectivity index (χ2v) is 6.98. The van der Waals surface area contributed by atoms with Crippen LogP contribution in [-0.2, 0) is 0 Å². The van der Waals surface area contributed by atoms with Crippen molar-refractivity contribution in [2.45, 2.75) is 37.3 Å². The number of amides is 1. The van der Waals surface area contributed by atoms with Crippen molar-refractivity contribution in [1.29, 1.82) is 0 Å². The molecule has 6 rings (SSSR count). The van der Waals surface area contributed by atoms with Gasteiger partial charge in [-0.2, -0.15) is 0 Å². The Labute approximate surface area is 128 Å². The van der Waals surface area contributed by atoms with Crippen molar-refractivity contribution in [3.8, 4) is 0 Å². The minimum absolute atomic E-state index is 0.101. The molecule has 0 radical (unpaired) electrons. The number of nitrogens with one attached hydrogen (secondary N) is 2. The summed E-state index contributed by atoms with van der Waals surface area (Å²) in [5, 5.41) is 11.6. The first-order valence-corrected chi connectivity index (χ1v) is 8.18. The maximum absolute atomic E-state index is 12.7. The molecule has 2 bridgehead atoms. The lowest BCUT2D eigenvalue weighted by molar-refractivity contribution is 0.0630. The molecule has 1 spiro atoms. The number of rotatable bonds is 2. The highest BCUT2D eigenvalue weighted by Gasteiger charge is 2.61. The molecule has 1 saturated heterocycles. The van der Waals surface area contributed by atoms with Gasteiger partial charge in [0, 0.05) is 6.54 Å². The SMILES string of the molecule is O=C(NC1C2CCC(CC2)[C@@]12CN2)c1noc2ccccc12. The minimum atomic E-state index is -0.101. The molecule has 22 heavy (non-hydrogen) atoms. The van der Waals surface area contributed by atoms with Gasteiger partial charge in [0.25, 0.3) is 5.91 Å². The topological polar surface area (TPSA) is 77.1 Å². The Bertz CT molecular complexity index is 741. The molecule has 5 heteroatoms. The van der Waals surface area contributed by atoms with Gasteiger partial charge in [0.1, 0.15) is 0 Å².